The summed E-state index contributed by atoms with van der Waals surface area (Å²) in [5.74, 6) is 0. The van der Waals surface area contributed by atoms with Crippen molar-refractivity contribution in [3.05, 3.63) is 0 Å². The van der Waals surface area contributed by atoms with E-state index in [4.69, 9.17) is 0 Å². The van der Waals surface area contributed by atoms with Crippen LogP contribution < -0.4 is 0 Å². The number of hydrogen-bond donors (Lipinski definition) is 0. The second-order valence-corrected chi connectivity index (χ2v) is 2.86. The van der Waals surface area contributed by atoms with E-state index in [1.807, 2.05) is 0 Å². The van der Waals surface area contributed by atoms with Crippen LogP contribution in [0.3, 0.4) is 0 Å². The highest BCUT2D eigenvalue weighted by molar-refractivity contribution is 7.34. The Morgan fingerprint density at radius 3 is 2.33 bits per heavy atom. The zero-order valence-electron chi connectivity index (χ0n) is 3.67. The van der Waals surface area contributed by atoms with Crippen LogP contribution in [-0.2, 0) is 13.3 Å². The fourth-order valence-corrected chi connectivity index (χ4v) is 0.671. The molecule has 3 nitrogen and oxygen atoms in total. The molecule has 0 N–H and O–H groups in total. The summed E-state index contributed by atoms with van der Waals surface area (Å²) in [6.45, 7) is 0. The number of hydrogen-bond acceptors (Lipinski definition) is 3. The van der Waals surface area contributed by atoms with Crippen molar-refractivity contribution < 1.29 is 13.3 Å². The Hall–Kier alpha value is 0.237. The molecular weight excluding hydrogens is 119 g/mol. The number of rotatable bonds is 2. The van der Waals surface area contributed by atoms with Gasteiger partial charge in [0.05, 0.1) is 7.11 Å². The van der Waals surface area contributed by atoms with Crippen molar-refractivity contribution in [3.8, 4) is 0 Å². The van der Waals surface area contributed by atoms with E-state index < -0.39 is 8.25 Å². The Kier molecular flexibility index (Phi) is 3.56. The highest BCUT2D eigenvalue weighted by atomic mass is 31.1. The molecule has 0 aliphatic carbocycles. The van der Waals surface area contributed by atoms with Crippen LogP contribution in [0, 0.1) is 0 Å². The van der Waals surface area contributed by atoms with Gasteiger partial charge in [-0.2, -0.15) is 4.21 Å². The lowest BCUT2D eigenvalue weighted by Crippen LogP contribution is -1.69. The highest BCUT2D eigenvalue weighted by Crippen LogP contribution is 2.17. The Balaban J connectivity index is 2.99. The third-order valence-corrected chi connectivity index (χ3v) is 1.79. The fourth-order valence-electron chi connectivity index (χ4n) is 0.0745. The lowest BCUT2D eigenvalue weighted by Gasteiger charge is -1.67. The van der Waals surface area contributed by atoms with Gasteiger partial charge in [0, 0.05) is 4.57 Å². The molecule has 0 rings (SSSR count). The van der Waals surface area contributed by atoms with Crippen LogP contribution in [-0.4, -0.2) is 17.6 Å². The van der Waals surface area contributed by atoms with E-state index in [1.54, 1.807) is 0 Å². The van der Waals surface area contributed by atoms with Crippen LogP contribution >= 0.6 is 8.25 Å². The van der Waals surface area contributed by atoms with Gasteiger partial charge in [-0.3, -0.25) is 0 Å². The summed E-state index contributed by atoms with van der Waals surface area (Å²) in [4.78, 5) is 0. The van der Waals surface area contributed by atoms with E-state index in [0.717, 1.165) is 0 Å². The van der Waals surface area contributed by atoms with Gasteiger partial charge in [-0.15, -0.1) is 4.52 Å². The average Bonchev–Trinajstić information content (AvgIpc) is 1.65. The minimum atomic E-state index is -1.76. The van der Waals surface area contributed by atoms with Crippen molar-refractivity contribution in [2.45, 2.75) is 0 Å². The molecule has 0 bridgehead atoms. The maximum Gasteiger partial charge on any atom is 0.683 e. The average molecular weight is 125 g/mol. The molecule has 0 aromatic rings. The third-order valence-electron chi connectivity index (χ3n) is 0.298. The minimum Gasteiger partial charge on any atom is -0.187 e. The molecule has 36 valence electrons. The Morgan fingerprint density at radius 1 is 1.83 bits per heavy atom. The molecule has 1 unspecified atom stereocenters. The van der Waals surface area contributed by atoms with Gasteiger partial charge < -0.3 is 0 Å². The van der Waals surface area contributed by atoms with Gasteiger partial charge >= 0.3 is 8.25 Å². The monoisotopic (exact) mass is 125 g/mol. The Labute approximate surface area is 40.1 Å². The second kappa shape index (κ2) is 3.43. The van der Waals surface area contributed by atoms with Gasteiger partial charge in [0.25, 0.3) is 0 Å². The van der Waals surface area contributed by atoms with Crippen molar-refractivity contribution in [2.75, 3.05) is 7.11 Å². The lowest BCUT2D eigenvalue weighted by molar-refractivity contribution is 0.357. The van der Waals surface area contributed by atoms with Gasteiger partial charge in [0.1, 0.15) is 0 Å². The van der Waals surface area contributed by atoms with Gasteiger partial charge in [0.15, 0.2) is 0 Å². The van der Waals surface area contributed by atoms with Crippen LogP contribution in [0.5, 0.6) is 0 Å². The van der Waals surface area contributed by atoms with E-state index >= 15 is 0 Å². The van der Waals surface area contributed by atoms with Crippen LogP contribution in [0.1, 0.15) is 0 Å². The van der Waals surface area contributed by atoms with Crippen LogP contribution in [0.15, 0.2) is 0 Å². The molecule has 1 atom stereocenters. The van der Waals surface area contributed by atoms with Crippen molar-refractivity contribution in [1.82, 2.24) is 0 Å². The lowest BCUT2D eigenvalue weighted by atomic mass is 11.8. The first kappa shape index (κ1) is 6.24. The quantitative estimate of drug-likeness (QED) is 0.371. The third kappa shape index (κ3) is 2.47. The SMILES string of the molecule is CO[P+](=O)O[SiH3]. The van der Waals surface area contributed by atoms with Gasteiger partial charge in [-0.1, -0.05) is 0 Å². The van der Waals surface area contributed by atoms with Crippen molar-refractivity contribution in [1.29, 1.82) is 0 Å². The van der Waals surface area contributed by atoms with E-state index in [0.29, 0.717) is 10.5 Å². The van der Waals surface area contributed by atoms with Crippen molar-refractivity contribution >= 4 is 18.7 Å². The predicted octanol–water partition coefficient (Wildman–Crippen LogP) is -0.413. The molecule has 0 radical (unpaired) electrons. The summed E-state index contributed by atoms with van der Waals surface area (Å²) < 4.78 is 18.5. The summed E-state index contributed by atoms with van der Waals surface area (Å²) >= 11 is 0. The topological polar surface area (TPSA) is 35.5 Å². The zero-order valence-corrected chi connectivity index (χ0v) is 6.57. The smallest absolute Gasteiger partial charge is 0.187 e. The van der Waals surface area contributed by atoms with Gasteiger partial charge in [0.2, 0.25) is 10.5 Å². The summed E-state index contributed by atoms with van der Waals surface area (Å²) in [6.07, 6.45) is 0. The zero-order chi connectivity index (χ0) is 4.99. The minimum absolute atomic E-state index is 0.474. The Bertz CT molecular complexity index is 48.8. The van der Waals surface area contributed by atoms with E-state index in [1.165, 1.54) is 7.11 Å². The molecule has 6 heavy (non-hydrogen) atoms. The summed E-state index contributed by atoms with van der Waals surface area (Å²) in [5, 5.41) is 0. The normalized spacial score (nSPS) is 11.8. The maximum atomic E-state index is 9.92. The first-order valence-electron chi connectivity index (χ1n) is 1.36. The molecular formula is CH6O3PSi+. The summed E-state index contributed by atoms with van der Waals surface area (Å²) in [6, 6.07) is 0. The van der Waals surface area contributed by atoms with Crippen LogP contribution in [0.4, 0.5) is 0 Å². The highest BCUT2D eigenvalue weighted by Gasteiger charge is 2.09. The summed E-state index contributed by atoms with van der Waals surface area (Å²) in [5.41, 5.74) is 0. The van der Waals surface area contributed by atoms with Crippen LogP contribution in [0.2, 0.25) is 0 Å². The molecule has 0 saturated carbocycles. The standard InChI is InChI=1S/CH6O3PSi/c1-3-5(2)4-6/h1,6H3/q+1. The van der Waals surface area contributed by atoms with Crippen molar-refractivity contribution in [3.63, 3.8) is 0 Å². The Morgan fingerprint density at radius 2 is 2.33 bits per heavy atom. The fraction of sp³-hybridized carbons (Fsp3) is 1.00. The first-order valence-corrected chi connectivity index (χ1v) is 3.28. The van der Waals surface area contributed by atoms with E-state index in [-0.39, 0.29) is 0 Å². The molecule has 0 heterocycles. The van der Waals surface area contributed by atoms with Gasteiger partial charge in [-0.25, -0.2) is 0 Å². The molecule has 0 aliphatic rings. The predicted molar refractivity (Wildman–Crippen MR) is 25.6 cm³/mol. The molecule has 0 amide bonds. The molecule has 0 aliphatic heterocycles. The second-order valence-electron chi connectivity index (χ2n) is 0.589. The van der Waals surface area contributed by atoms with E-state index in [2.05, 4.69) is 8.74 Å². The maximum absolute atomic E-state index is 9.92. The molecule has 5 heteroatoms. The largest absolute Gasteiger partial charge is 0.683 e. The van der Waals surface area contributed by atoms with E-state index in [9.17, 15) is 4.57 Å². The summed E-state index contributed by atoms with van der Waals surface area (Å²) in [7, 11) is 0.0532. The van der Waals surface area contributed by atoms with Crippen molar-refractivity contribution in [2.24, 2.45) is 0 Å². The first-order chi connectivity index (χ1) is 2.81. The van der Waals surface area contributed by atoms with Crippen LogP contribution in [0.25, 0.3) is 0 Å². The molecule has 0 spiro atoms. The molecule has 0 fully saturated rings. The molecule has 0 aromatic heterocycles. The molecule has 0 saturated heterocycles. The van der Waals surface area contributed by atoms with Gasteiger partial charge in [-0.05, 0) is 0 Å². The molecule has 0 aromatic carbocycles.